The highest BCUT2D eigenvalue weighted by Crippen LogP contribution is 2.28. The Morgan fingerprint density at radius 1 is 1.03 bits per heavy atom. The van der Waals surface area contributed by atoms with E-state index in [-0.39, 0.29) is 34.0 Å². The molecule has 0 bridgehead atoms. The number of sulfonamides is 1. The monoisotopic (exact) mass is 491 g/mol. The van der Waals surface area contributed by atoms with Crippen molar-refractivity contribution in [1.29, 1.82) is 0 Å². The summed E-state index contributed by atoms with van der Waals surface area (Å²) < 4.78 is 27.5. The van der Waals surface area contributed by atoms with Crippen LogP contribution in [0.15, 0.2) is 47.4 Å². The van der Waals surface area contributed by atoms with Gasteiger partial charge >= 0.3 is 0 Å². The van der Waals surface area contributed by atoms with Crippen LogP contribution in [-0.2, 0) is 16.6 Å². The summed E-state index contributed by atoms with van der Waals surface area (Å²) in [5, 5.41) is 2.90. The number of amides is 2. The van der Waals surface area contributed by atoms with Crippen LogP contribution in [0.25, 0.3) is 0 Å². The first kappa shape index (κ1) is 25.2. The molecule has 1 aliphatic heterocycles. The van der Waals surface area contributed by atoms with Crippen molar-refractivity contribution in [3.05, 3.63) is 64.2 Å². The Hall–Kier alpha value is -2.42. The highest BCUT2D eigenvalue weighted by atomic mass is 35.5. The molecule has 3 rings (SSSR count). The zero-order valence-electron chi connectivity index (χ0n) is 19.2. The van der Waals surface area contributed by atoms with Crippen molar-refractivity contribution in [2.45, 2.75) is 50.6 Å². The van der Waals surface area contributed by atoms with E-state index in [4.69, 9.17) is 11.6 Å². The highest BCUT2D eigenvalue weighted by molar-refractivity contribution is 7.89. The van der Waals surface area contributed by atoms with Gasteiger partial charge in [-0.2, -0.15) is 4.31 Å². The fraction of sp³-hybridized carbons (Fsp3) is 0.417. The van der Waals surface area contributed by atoms with E-state index in [1.165, 1.54) is 22.5 Å². The summed E-state index contributed by atoms with van der Waals surface area (Å²) in [6.07, 6.45) is 2.64. The van der Waals surface area contributed by atoms with Crippen LogP contribution in [0.4, 0.5) is 0 Å². The molecule has 0 aliphatic carbocycles. The van der Waals surface area contributed by atoms with Gasteiger partial charge in [-0.3, -0.25) is 9.59 Å². The molecule has 33 heavy (non-hydrogen) atoms. The molecular formula is C24H30ClN3O4S. The van der Waals surface area contributed by atoms with Gasteiger partial charge in [0.2, 0.25) is 10.0 Å². The van der Waals surface area contributed by atoms with E-state index in [1.807, 2.05) is 13.8 Å². The Kier molecular flexibility index (Phi) is 8.15. The van der Waals surface area contributed by atoms with Crippen molar-refractivity contribution in [2.24, 2.45) is 0 Å². The van der Waals surface area contributed by atoms with E-state index in [2.05, 4.69) is 5.32 Å². The van der Waals surface area contributed by atoms with Crippen molar-refractivity contribution in [3.63, 3.8) is 0 Å². The lowest BCUT2D eigenvalue weighted by Gasteiger charge is -2.26. The minimum Gasteiger partial charge on any atom is -0.348 e. The molecule has 0 unspecified atom stereocenters. The Morgan fingerprint density at radius 2 is 1.64 bits per heavy atom. The average molecular weight is 492 g/mol. The molecule has 2 aromatic carbocycles. The van der Waals surface area contributed by atoms with Gasteiger partial charge in [-0.1, -0.05) is 30.2 Å². The molecule has 7 nitrogen and oxygen atoms in total. The van der Waals surface area contributed by atoms with E-state index in [1.54, 1.807) is 36.2 Å². The van der Waals surface area contributed by atoms with Crippen molar-refractivity contribution < 1.29 is 18.0 Å². The molecule has 2 amide bonds. The van der Waals surface area contributed by atoms with E-state index in [0.29, 0.717) is 18.7 Å². The van der Waals surface area contributed by atoms with Crippen molar-refractivity contribution in [3.8, 4) is 0 Å². The third kappa shape index (κ3) is 5.93. The predicted molar refractivity (Wildman–Crippen MR) is 129 cm³/mol. The lowest BCUT2D eigenvalue weighted by Crippen LogP contribution is -2.36. The third-order valence-corrected chi connectivity index (χ3v) is 8.26. The maximum Gasteiger partial charge on any atom is 0.253 e. The zero-order chi connectivity index (χ0) is 24.2. The van der Waals surface area contributed by atoms with Crippen LogP contribution in [0.1, 0.15) is 59.4 Å². The fourth-order valence-electron chi connectivity index (χ4n) is 3.57. The largest absolute Gasteiger partial charge is 0.348 e. The Bertz CT molecular complexity index is 1110. The molecule has 178 valence electrons. The molecule has 1 fully saturated rings. The number of hydrogen-bond acceptors (Lipinski definition) is 4. The first-order chi connectivity index (χ1) is 15.6. The minimum atomic E-state index is -3.76. The lowest BCUT2D eigenvalue weighted by molar-refractivity contribution is 0.0754. The number of nitrogens with one attached hydrogen (secondary N) is 1. The summed E-state index contributed by atoms with van der Waals surface area (Å²) in [6, 6.07) is 11.4. The van der Waals surface area contributed by atoms with Crippen molar-refractivity contribution in [1.82, 2.24) is 14.5 Å². The van der Waals surface area contributed by atoms with Crippen LogP contribution < -0.4 is 5.32 Å². The Labute approximate surface area is 200 Å². The maximum atomic E-state index is 13.0. The smallest absolute Gasteiger partial charge is 0.253 e. The Balaban J connectivity index is 1.69. The van der Waals surface area contributed by atoms with Crippen LogP contribution >= 0.6 is 11.6 Å². The van der Waals surface area contributed by atoms with Crippen LogP contribution in [-0.4, -0.2) is 55.6 Å². The standard InChI is InChI=1S/C24H30ClN3O4S/c1-17(2)27(3)24(30)19-9-7-18(8-10-19)16-26-23(29)20-11-12-21(25)22(15-20)33(31,32)28-13-5-4-6-14-28/h7-12,15,17H,4-6,13-14,16H2,1-3H3,(H,26,29). The molecule has 0 aromatic heterocycles. The summed E-state index contributed by atoms with van der Waals surface area (Å²) in [4.78, 5) is 26.7. The van der Waals surface area contributed by atoms with Gasteiger partial charge in [-0.15, -0.1) is 0 Å². The molecule has 9 heteroatoms. The Morgan fingerprint density at radius 3 is 2.24 bits per heavy atom. The first-order valence-corrected chi connectivity index (χ1v) is 12.9. The van der Waals surface area contributed by atoms with Gasteiger partial charge in [0.25, 0.3) is 11.8 Å². The van der Waals surface area contributed by atoms with E-state index < -0.39 is 15.9 Å². The maximum absolute atomic E-state index is 13.0. The second-order valence-electron chi connectivity index (χ2n) is 8.50. The molecule has 0 radical (unpaired) electrons. The second kappa shape index (κ2) is 10.7. The molecule has 1 N–H and O–H groups in total. The van der Waals surface area contributed by atoms with Crippen molar-refractivity contribution in [2.75, 3.05) is 20.1 Å². The lowest BCUT2D eigenvalue weighted by atomic mass is 10.1. The number of hydrogen-bond donors (Lipinski definition) is 1. The molecule has 0 saturated carbocycles. The van der Waals surface area contributed by atoms with Gasteiger partial charge in [-0.05, 0) is 62.6 Å². The number of benzene rings is 2. The van der Waals surface area contributed by atoms with Gasteiger partial charge in [0.1, 0.15) is 4.90 Å². The van der Waals surface area contributed by atoms with E-state index in [0.717, 1.165) is 24.8 Å². The molecular weight excluding hydrogens is 462 g/mol. The summed E-state index contributed by atoms with van der Waals surface area (Å²) >= 11 is 6.19. The van der Waals surface area contributed by atoms with Crippen LogP contribution in [0.5, 0.6) is 0 Å². The molecule has 0 spiro atoms. The number of piperidine rings is 1. The van der Waals surface area contributed by atoms with Gasteiger partial charge in [0.15, 0.2) is 0 Å². The summed E-state index contributed by atoms with van der Waals surface area (Å²) in [5.74, 6) is -0.467. The van der Waals surface area contributed by atoms with Gasteiger partial charge < -0.3 is 10.2 Å². The number of halogens is 1. The fourth-order valence-corrected chi connectivity index (χ4v) is 5.59. The molecule has 1 heterocycles. The highest BCUT2D eigenvalue weighted by Gasteiger charge is 2.28. The van der Waals surface area contributed by atoms with Gasteiger partial charge in [-0.25, -0.2) is 8.42 Å². The van der Waals surface area contributed by atoms with Crippen LogP contribution in [0.3, 0.4) is 0 Å². The first-order valence-electron chi connectivity index (χ1n) is 11.0. The average Bonchev–Trinajstić information content (AvgIpc) is 2.82. The molecule has 1 aliphatic rings. The minimum absolute atomic E-state index is 0.0455. The van der Waals surface area contributed by atoms with Crippen LogP contribution in [0.2, 0.25) is 5.02 Å². The summed E-state index contributed by atoms with van der Waals surface area (Å²) in [5.41, 5.74) is 1.62. The van der Waals surface area contributed by atoms with Crippen molar-refractivity contribution >= 4 is 33.4 Å². The number of carbonyl (C=O) groups is 2. The predicted octanol–water partition coefficient (Wildman–Crippen LogP) is 3.93. The third-order valence-electron chi connectivity index (χ3n) is 5.88. The second-order valence-corrected chi connectivity index (χ2v) is 10.8. The topological polar surface area (TPSA) is 86.8 Å². The van der Waals surface area contributed by atoms with Crippen LogP contribution in [0, 0.1) is 0 Å². The molecule has 1 saturated heterocycles. The van der Waals surface area contributed by atoms with E-state index >= 15 is 0 Å². The number of carbonyl (C=O) groups excluding carboxylic acids is 2. The van der Waals surface area contributed by atoms with Gasteiger partial charge in [0.05, 0.1) is 5.02 Å². The summed E-state index contributed by atoms with van der Waals surface area (Å²) in [6.45, 7) is 5.05. The molecule has 0 atom stereocenters. The molecule has 2 aromatic rings. The number of rotatable bonds is 7. The van der Waals surface area contributed by atoms with E-state index in [9.17, 15) is 18.0 Å². The normalized spacial score (nSPS) is 14.8. The number of nitrogens with zero attached hydrogens (tertiary/aromatic N) is 2. The zero-order valence-corrected chi connectivity index (χ0v) is 20.7. The quantitative estimate of drug-likeness (QED) is 0.635. The van der Waals surface area contributed by atoms with Gasteiger partial charge in [0, 0.05) is 43.9 Å². The summed E-state index contributed by atoms with van der Waals surface area (Å²) in [7, 11) is -2.00. The SMILES string of the molecule is CC(C)N(C)C(=O)c1ccc(CNC(=O)c2ccc(Cl)c(S(=O)(=O)N3CCCCC3)c2)cc1.